The fourth-order valence-corrected chi connectivity index (χ4v) is 2.23. The first-order valence-electron chi connectivity index (χ1n) is 5.86. The first-order valence-corrected chi connectivity index (χ1v) is 6.24. The van der Waals surface area contributed by atoms with Crippen LogP contribution in [0, 0.1) is 0 Å². The van der Waals surface area contributed by atoms with Crippen LogP contribution in [0.15, 0.2) is 54.6 Å². The summed E-state index contributed by atoms with van der Waals surface area (Å²) in [6.07, 6.45) is 0. The maximum Gasteiger partial charge on any atom is 0.181 e. The van der Waals surface area contributed by atoms with Gasteiger partial charge in [0.1, 0.15) is 0 Å². The van der Waals surface area contributed by atoms with E-state index in [1.807, 2.05) is 30.3 Å². The van der Waals surface area contributed by atoms with E-state index < -0.39 is 0 Å². The van der Waals surface area contributed by atoms with Crippen LogP contribution in [0.2, 0.25) is 5.02 Å². The number of hydrogen-bond donors (Lipinski definition) is 1. The van der Waals surface area contributed by atoms with Crippen molar-refractivity contribution in [3.05, 3.63) is 70.7 Å². The highest BCUT2D eigenvalue weighted by Gasteiger charge is 2.43. The minimum Gasteiger partial charge on any atom is -0.297 e. The minimum atomic E-state index is -0.103. The molecule has 1 N–H and O–H groups in total. The van der Waals surface area contributed by atoms with Crippen LogP contribution in [0.1, 0.15) is 22.0 Å². The normalized spacial score (nSPS) is 21.6. The molecular formula is C15H12ClNO. The zero-order chi connectivity index (χ0) is 12.5. The Kier molecular flexibility index (Phi) is 2.90. The van der Waals surface area contributed by atoms with E-state index in [9.17, 15) is 4.79 Å². The lowest BCUT2D eigenvalue weighted by atomic mass is 10.0. The number of carbonyl (C=O) groups excluding carboxylic acids is 1. The van der Waals surface area contributed by atoms with E-state index in [0.717, 1.165) is 5.56 Å². The summed E-state index contributed by atoms with van der Waals surface area (Å²) in [4.78, 5) is 12.2. The first-order chi connectivity index (χ1) is 8.75. The molecule has 0 saturated carbocycles. The van der Waals surface area contributed by atoms with Gasteiger partial charge in [-0.1, -0.05) is 41.9 Å². The summed E-state index contributed by atoms with van der Waals surface area (Å²) in [7, 11) is 0. The highest BCUT2D eigenvalue weighted by atomic mass is 35.5. The SMILES string of the molecule is O=C(c1ccc(Cl)cc1)[C@H]1N[C@@H]1c1ccccc1. The van der Waals surface area contributed by atoms with Gasteiger partial charge in [0.15, 0.2) is 5.78 Å². The summed E-state index contributed by atoms with van der Waals surface area (Å²) in [5.41, 5.74) is 1.86. The molecule has 1 heterocycles. The molecule has 18 heavy (non-hydrogen) atoms. The number of benzene rings is 2. The average Bonchev–Trinajstić information content (AvgIpc) is 3.20. The van der Waals surface area contributed by atoms with Crippen molar-refractivity contribution in [2.24, 2.45) is 0 Å². The van der Waals surface area contributed by atoms with E-state index in [0.29, 0.717) is 10.6 Å². The van der Waals surface area contributed by atoms with Gasteiger partial charge in [-0.2, -0.15) is 0 Å². The summed E-state index contributed by atoms with van der Waals surface area (Å²) < 4.78 is 0. The van der Waals surface area contributed by atoms with Gasteiger partial charge < -0.3 is 0 Å². The van der Waals surface area contributed by atoms with Crippen LogP contribution >= 0.6 is 11.6 Å². The molecule has 1 saturated heterocycles. The second kappa shape index (κ2) is 4.56. The van der Waals surface area contributed by atoms with Gasteiger partial charge in [0, 0.05) is 10.6 Å². The zero-order valence-corrected chi connectivity index (χ0v) is 10.4. The monoisotopic (exact) mass is 257 g/mol. The van der Waals surface area contributed by atoms with E-state index in [-0.39, 0.29) is 17.9 Å². The van der Waals surface area contributed by atoms with Crippen molar-refractivity contribution in [3.8, 4) is 0 Å². The third kappa shape index (κ3) is 2.17. The van der Waals surface area contributed by atoms with E-state index in [1.165, 1.54) is 0 Å². The van der Waals surface area contributed by atoms with Gasteiger partial charge in [-0.25, -0.2) is 0 Å². The quantitative estimate of drug-likeness (QED) is 0.677. The molecule has 0 aliphatic carbocycles. The van der Waals surface area contributed by atoms with Gasteiger partial charge in [-0.05, 0) is 29.8 Å². The number of carbonyl (C=O) groups is 1. The topological polar surface area (TPSA) is 39.0 Å². The Morgan fingerprint density at radius 2 is 1.67 bits per heavy atom. The van der Waals surface area contributed by atoms with Crippen LogP contribution < -0.4 is 5.32 Å². The van der Waals surface area contributed by atoms with Crippen molar-refractivity contribution in [1.82, 2.24) is 5.32 Å². The average molecular weight is 258 g/mol. The molecule has 3 heteroatoms. The number of nitrogens with one attached hydrogen (secondary N) is 1. The second-order valence-corrected chi connectivity index (χ2v) is 4.84. The van der Waals surface area contributed by atoms with Gasteiger partial charge in [-0.3, -0.25) is 10.1 Å². The van der Waals surface area contributed by atoms with Crippen molar-refractivity contribution in [1.29, 1.82) is 0 Å². The van der Waals surface area contributed by atoms with Crippen molar-refractivity contribution >= 4 is 17.4 Å². The molecule has 0 amide bonds. The Morgan fingerprint density at radius 3 is 2.33 bits per heavy atom. The largest absolute Gasteiger partial charge is 0.297 e. The van der Waals surface area contributed by atoms with Crippen LogP contribution in [0.3, 0.4) is 0 Å². The molecule has 2 atom stereocenters. The summed E-state index contributed by atoms with van der Waals surface area (Å²) in [5.74, 6) is 0.125. The third-order valence-corrected chi connectivity index (χ3v) is 3.41. The lowest BCUT2D eigenvalue weighted by Crippen LogP contribution is -2.10. The Balaban J connectivity index is 1.75. The molecule has 3 rings (SSSR count). The van der Waals surface area contributed by atoms with Gasteiger partial charge in [0.25, 0.3) is 0 Å². The van der Waals surface area contributed by atoms with Crippen LogP contribution in [0.25, 0.3) is 0 Å². The molecule has 1 aliphatic rings. The summed E-state index contributed by atoms with van der Waals surface area (Å²) in [6.45, 7) is 0. The Labute approximate surface area is 111 Å². The maximum atomic E-state index is 12.2. The Bertz CT molecular complexity index is 565. The predicted molar refractivity (Wildman–Crippen MR) is 71.9 cm³/mol. The maximum absolute atomic E-state index is 12.2. The highest BCUT2D eigenvalue weighted by molar-refractivity contribution is 6.30. The third-order valence-electron chi connectivity index (χ3n) is 3.15. The van der Waals surface area contributed by atoms with E-state index in [1.54, 1.807) is 24.3 Å². The number of hydrogen-bond acceptors (Lipinski definition) is 2. The number of Topliss-reactive ketones (excluding diaryl/α,β-unsaturated/α-hetero) is 1. The van der Waals surface area contributed by atoms with Crippen molar-refractivity contribution in [3.63, 3.8) is 0 Å². The molecule has 1 fully saturated rings. The van der Waals surface area contributed by atoms with Gasteiger partial charge in [-0.15, -0.1) is 0 Å². The predicted octanol–water partition coefficient (Wildman–Crippen LogP) is 3.24. The molecular weight excluding hydrogens is 246 g/mol. The molecule has 0 bridgehead atoms. The van der Waals surface area contributed by atoms with Gasteiger partial charge in [0.05, 0.1) is 12.1 Å². The van der Waals surface area contributed by atoms with Crippen LogP contribution in [-0.4, -0.2) is 11.8 Å². The molecule has 2 aromatic rings. The zero-order valence-electron chi connectivity index (χ0n) is 9.64. The minimum absolute atomic E-state index is 0.103. The van der Waals surface area contributed by atoms with E-state index in [4.69, 9.17) is 11.6 Å². The molecule has 2 nitrogen and oxygen atoms in total. The molecule has 1 aliphatic heterocycles. The Hall–Kier alpha value is -1.64. The summed E-state index contributed by atoms with van der Waals surface area (Å²) in [6, 6.07) is 17.1. The highest BCUT2D eigenvalue weighted by Crippen LogP contribution is 2.31. The second-order valence-electron chi connectivity index (χ2n) is 4.40. The molecule has 0 aromatic heterocycles. The molecule has 90 valence electrons. The smallest absolute Gasteiger partial charge is 0.181 e. The van der Waals surface area contributed by atoms with Crippen LogP contribution in [0.5, 0.6) is 0 Å². The lowest BCUT2D eigenvalue weighted by molar-refractivity contribution is 0.0988. The van der Waals surface area contributed by atoms with E-state index >= 15 is 0 Å². The Morgan fingerprint density at radius 1 is 1.00 bits per heavy atom. The molecule has 2 aromatic carbocycles. The number of rotatable bonds is 3. The van der Waals surface area contributed by atoms with Crippen molar-refractivity contribution in [2.45, 2.75) is 12.1 Å². The molecule has 0 spiro atoms. The van der Waals surface area contributed by atoms with Crippen molar-refractivity contribution in [2.75, 3.05) is 0 Å². The first kappa shape index (κ1) is 11.5. The molecule has 0 radical (unpaired) electrons. The van der Waals surface area contributed by atoms with E-state index in [2.05, 4.69) is 5.32 Å². The number of halogens is 1. The van der Waals surface area contributed by atoms with Gasteiger partial charge >= 0.3 is 0 Å². The standard InChI is InChI=1S/C15H12ClNO/c16-12-8-6-11(7-9-12)15(18)14-13(17-14)10-4-2-1-3-5-10/h1-9,13-14,17H/t13-,14+/m1/s1. The van der Waals surface area contributed by atoms with Crippen LogP contribution in [-0.2, 0) is 0 Å². The summed E-state index contributed by atoms with van der Waals surface area (Å²) >= 11 is 5.81. The fraction of sp³-hybridized carbons (Fsp3) is 0.133. The van der Waals surface area contributed by atoms with Gasteiger partial charge in [0.2, 0.25) is 0 Å². The van der Waals surface area contributed by atoms with Crippen LogP contribution in [0.4, 0.5) is 0 Å². The molecule has 0 unspecified atom stereocenters. The lowest BCUT2D eigenvalue weighted by Gasteiger charge is -1.99. The van der Waals surface area contributed by atoms with Crippen molar-refractivity contribution < 1.29 is 4.79 Å². The summed E-state index contributed by atoms with van der Waals surface area (Å²) in [5, 5.41) is 3.86. The number of ketones is 1. The fourth-order valence-electron chi connectivity index (χ4n) is 2.11.